The van der Waals surface area contributed by atoms with Crippen molar-refractivity contribution in [2.24, 2.45) is 13.0 Å². The summed E-state index contributed by atoms with van der Waals surface area (Å²) >= 11 is 0. The van der Waals surface area contributed by atoms with Crippen LogP contribution >= 0.6 is 0 Å². The van der Waals surface area contributed by atoms with Crippen molar-refractivity contribution in [2.75, 3.05) is 6.61 Å². The van der Waals surface area contributed by atoms with E-state index in [1.54, 1.807) is 10.9 Å². The van der Waals surface area contributed by atoms with E-state index < -0.39 is 0 Å². The molecule has 1 aromatic rings. The third-order valence-electron chi connectivity index (χ3n) is 5.13. The number of Topliss-reactive ketones (excluding diaryl/α,β-unsaturated/α-hetero) is 1. The van der Waals surface area contributed by atoms with Gasteiger partial charge in [-0.2, -0.15) is 5.10 Å². The zero-order valence-corrected chi connectivity index (χ0v) is 12.5. The Morgan fingerprint density at radius 2 is 2.15 bits per heavy atom. The van der Waals surface area contributed by atoms with E-state index in [9.17, 15) is 4.79 Å². The molecule has 110 valence electrons. The largest absolute Gasteiger partial charge is 0.375 e. The highest BCUT2D eigenvalue weighted by Crippen LogP contribution is 2.41. The average Bonchev–Trinajstić information content (AvgIpc) is 2.79. The van der Waals surface area contributed by atoms with Crippen LogP contribution in [0.25, 0.3) is 0 Å². The second-order valence-electron chi connectivity index (χ2n) is 6.41. The van der Waals surface area contributed by atoms with Gasteiger partial charge < -0.3 is 4.74 Å². The molecule has 3 rings (SSSR count). The van der Waals surface area contributed by atoms with Crippen LogP contribution in [0.3, 0.4) is 0 Å². The first-order valence-corrected chi connectivity index (χ1v) is 7.78. The SMILES string of the molecule is Cc1c(C(=O)C2CCOC3(CCCCC3)C2)cnn1C. The topological polar surface area (TPSA) is 44.1 Å². The van der Waals surface area contributed by atoms with E-state index in [4.69, 9.17) is 4.74 Å². The molecule has 0 N–H and O–H groups in total. The third-order valence-corrected chi connectivity index (χ3v) is 5.13. The molecule has 2 heterocycles. The molecular weight excluding hydrogens is 252 g/mol. The predicted octanol–water partition coefficient (Wildman–Crippen LogP) is 3.04. The summed E-state index contributed by atoms with van der Waals surface area (Å²) in [6.07, 6.45) is 9.53. The van der Waals surface area contributed by atoms with Crippen LogP contribution in [0.1, 0.15) is 61.0 Å². The fourth-order valence-electron chi connectivity index (χ4n) is 3.76. The molecule has 0 amide bonds. The zero-order chi connectivity index (χ0) is 14.2. The summed E-state index contributed by atoms with van der Waals surface area (Å²) in [5.41, 5.74) is 1.76. The van der Waals surface area contributed by atoms with Crippen molar-refractivity contribution in [3.63, 3.8) is 0 Å². The molecule has 1 unspecified atom stereocenters. The second kappa shape index (κ2) is 5.32. The van der Waals surface area contributed by atoms with Crippen LogP contribution < -0.4 is 0 Å². The normalized spacial score (nSPS) is 25.8. The van der Waals surface area contributed by atoms with E-state index in [1.165, 1.54) is 19.3 Å². The Labute approximate surface area is 120 Å². The zero-order valence-electron chi connectivity index (χ0n) is 12.5. The number of aromatic nitrogens is 2. The van der Waals surface area contributed by atoms with Crippen LogP contribution in [0.15, 0.2) is 6.20 Å². The molecule has 1 atom stereocenters. The van der Waals surface area contributed by atoms with Crippen molar-refractivity contribution in [2.45, 2.75) is 57.5 Å². The molecule has 2 fully saturated rings. The van der Waals surface area contributed by atoms with Crippen LogP contribution in [0, 0.1) is 12.8 Å². The number of hydrogen-bond acceptors (Lipinski definition) is 3. The lowest BCUT2D eigenvalue weighted by molar-refractivity contribution is -0.111. The Morgan fingerprint density at radius 1 is 1.40 bits per heavy atom. The molecule has 0 aromatic carbocycles. The molecule has 1 saturated heterocycles. The van der Waals surface area contributed by atoms with Crippen molar-refractivity contribution in [1.82, 2.24) is 9.78 Å². The molecule has 2 aliphatic rings. The van der Waals surface area contributed by atoms with Gasteiger partial charge >= 0.3 is 0 Å². The van der Waals surface area contributed by atoms with Gasteiger partial charge in [0.25, 0.3) is 0 Å². The van der Waals surface area contributed by atoms with Gasteiger partial charge in [0.05, 0.1) is 17.4 Å². The first-order valence-electron chi connectivity index (χ1n) is 7.78. The molecule has 1 spiro atoms. The Morgan fingerprint density at radius 3 is 2.80 bits per heavy atom. The molecule has 4 heteroatoms. The molecule has 1 aliphatic carbocycles. The average molecular weight is 276 g/mol. The number of nitrogens with zero attached hydrogens (tertiary/aromatic N) is 2. The highest BCUT2D eigenvalue weighted by atomic mass is 16.5. The third kappa shape index (κ3) is 2.41. The van der Waals surface area contributed by atoms with Gasteiger partial charge in [0.1, 0.15) is 0 Å². The lowest BCUT2D eigenvalue weighted by atomic mass is 9.74. The fraction of sp³-hybridized carbons (Fsp3) is 0.750. The highest BCUT2D eigenvalue weighted by molar-refractivity contribution is 5.98. The van der Waals surface area contributed by atoms with Gasteiger partial charge in [0, 0.05) is 25.3 Å². The fourth-order valence-corrected chi connectivity index (χ4v) is 3.76. The molecule has 1 aliphatic heterocycles. The van der Waals surface area contributed by atoms with Crippen molar-refractivity contribution in [3.05, 3.63) is 17.5 Å². The molecule has 20 heavy (non-hydrogen) atoms. The van der Waals surface area contributed by atoms with Crippen LogP contribution in [-0.4, -0.2) is 27.8 Å². The molecule has 1 aromatic heterocycles. The number of ketones is 1. The summed E-state index contributed by atoms with van der Waals surface area (Å²) in [6.45, 7) is 2.70. The first kappa shape index (κ1) is 13.8. The summed E-state index contributed by atoms with van der Waals surface area (Å²) in [7, 11) is 1.89. The van der Waals surface area contributed by atoms with Crippen LogP contribution in [-0.2, 0) is 11.8 Å². The van der Waals surface area contributed by atoms with E-state index in [2.05, 4.69) is 5.10 Å². The quantitative estimate of drug-likeness (QED) is 0.780. The summed E-state index contributed by atoms with van der Waals surface area (Å²) in [4.78, 5) is 12.8. The van der Waals surface area contributed by atoms with E-state index >= 15 is 0 Å². The van der Waals surface area contributed by atoms with Gasteiger partial charge in [0.15, 0.2) is 5.78 Å². The minimum atomic E-state index is -0.00700. The van der Waals surface area contributed by atoms with E-state index in [-0.39, 0.29) is 17.3 Å². The maximum Gasteiger partial charge on any atom is 0.169 e. The van der Waals surface area contributed by atoms with Gasteiger partial charge in [-0.25, -0.2) is 0 Å². The lowest BCUT2D eigenvalue weighted by Crippen LogP contribution is -2.43. The summed E-state index contributed by atoms with van der Waals surface area (Å²) in [5, 5.41) is 4.20. The number of aryl methyl sites for hydroxylation is 1. The summed E-state index contributed by atoms with van der Waals surface area (Å²) < 4.78 is 7.87. The highest BCUT2D eigenvalue weighted by Gasteiger charge is 2.41. The molecule has 0 bridgehead atoms. The molecule has 0 radical (unpaired) electrons. The number of carbonyl (C=O) groups is 1. The Kier molecular flexibility index (Phi) is 3.67. The van der Waals surface area contributed by atoms with Crippen molar-refractivity contribution in [1.29, 1.82) is 0 Å². The standard InChI is InChI=1S/C16H24N2O2/c1-12-14(11-17-18(12)2)15(19)13-6-9-20-16(10-13)7-4-3-5-8-16/h11,13H,3-10H2,1-2H3. The number of rotatable bonds is 2. The maximum absolute atomic E-state index is 12.8. The van der Waals surface area contributed by atoms with Crippen LogP contribution in [0.5, 0.6) is 0 Å². The monoisotopic (exact) mass is 276 g/mol. The van der Waals surface area contributed by atoms with Crippen molar-refractivity contribution in [3.8, 4) is 0 Å². The second-order valence-corrected chi connectivity index (χ2v) is 6.41. The van der Waals surface area contributed by atoms with Gasteiger partial charge in [-0.05, 0) is 32.6 Å². The smallest absolute Gasteiger partial charge is 0.169 e. The lowest BCUT2D eigenvalue weighted by Gasteiger charge is -2.43. The van der Waals surface area contributed by atoms with E-state index in [0.717, 1.165) is 43.5 Å². The minimum Gasteiger partial charge on any atom is -0.375 e. The minimum absolute atomic E-state index is 0.00700. The van der Waals surface area contributed by atoms with Crippen molar-refractivity contribution >= 4 is 5.78 Å². The maximum atomic E-state index is 12.8. The number of hydrogen-bond donors (Lipinski definition) is 0. The Bertz CT molecular complexity index is 495. The van der Waals surface area contributed by atoms with Gasteiger partial charge in [-0.1, -0.05) is 19.3 Å². The molecule has 4 nitrogen and oxygen atoms in total. The number of carbonyl (C=O) groups excluding carboxylic acids is 1. The van der Waals surface area contributed by atoms with Gasteiger partial charge in [-0.3, -0.25) is 9.48 Å². The van der Waals surface area contributed by atoms with Crippen LogP contribution in [0.4, 0.5) is 0 Å². The molecule has 1 saturated carbocycles. The van der Waals surface area contributed by atoms with Crippen molar-refractivity contribution < 1.29 is 9.53 Å². The summed E-state index contributed by atoms with van der Waals surface area (Å²) in [6, 6.07) is 0. The first-order chi connectivity index (χ1) is 9.61. The van der Waals surface area contributed by atoms with E-state index in [0.29, 0.717) is 0 Å². The number of ether oxygens (including phenoxy) is 1. The summed E-state index contributed by atoms with van der Waals surface area (Å²) in [5.74, 6) is 0.383. The Balaban J connectivity index is 1.76. The Hall–Kier alpha value is -1.16. The van der Waals surface area contributed by atoms with E-state index in [1.807, 2.05) is 14.0 Å². The predicted molar refractivity (Wildman–Crippen MR) is 76.8 cm³/mol. The van der Waals surface area contributed by atoms with Crippen LogP contribution in [0.2, 0.25) is 0 Å². The molecular formula is C16H24N2O2. The van der Waals surface area contributed by atoms with Gasteiger partial charge in [0.2, 0.25) is 0 Å². The van der Waals surface area contributed by atoms with Gasteiger partial charge in [-0.15, -0.1) is 0 Å².